The van der Waals surface area contributed by atoms with Crippen LogP contribution in [0, 0.1) is 12.7 Å². The van der Waals surface area contributed by atoms with E-state index in [2.05, 4.69) is 5.32 Å². The molecule has 1 N–H and O–H groups in total. The van der Waals surface area contributed by atoms with Gasteiger partial charge in [0.15, 0.2) is 0 Å². The van der Waals surface area contributed by atoms with Crippen LogP contribution in [0.5, 0.6) is 5.75 Å². The molecule has 4 rings (SSSR count). The Balaban J connectivity index is 1.82. The van der Waals surface area contributed by atoms with Gasteiger partial charge in [-0.3, -0.25) is 13.9 Å². The summed E-state index contributed by atoms with van der Waals surface area (Å²) < 4.78 is 49.6. The predicted octanol–water partition coefficient (Wildman–Crippen LogP) is 5.50. The monoisotopic (exact) mass is 631 g/mol. The summed E-state index contributed by atoms with van der Waals surface area (Å²) >= 11 is 0. The van der Waals surface area contributed by atoms with E-state index < -0.39 is 40.2 Å². The van der Waals surface area contributed by atoms with Crippen LogP contribution >= 0.6 is 0 Å². The fourth-order valence-corrected chi connectivity index (χ4v) is 6.27. The lowest BCUT2D eigenvalue weighted by atomic mass is 10.0. The number of hydrogen-bond donors (Lipinski definition) is 1. The summed E-state index contributed by atoms with van der Waals surface area (Å²) in [5.74, 6) is -1.24. The summed E-state index contributed by atoms with van der Waals surface area (Å²) in [7, 11) is -2.81. The van der Waals surface area contributed by atoms with E-state index in [1.807, 2.05) is 44.2 Å². The van der Waals surface area contributed by atoms with Gasteiger partial charge in [0.1, 0.15) is 24.2 Å². The van der Waals surface area contributed by atoms with Crippen LogP contribution in [-0.4, -0.2) is 51.4 Å². The summed E-state index contributed by atoms with van der Waals surface area (Å²) in [6, 6.07) is 26.9. The molecular weight excluding hydrogens is 593 g/mol. The molecule has 45 heavy (non-hydrogen) atoms. The molecule has 0 saturated heterocycles. The number of halogens is 1. The number of aryl methyl sites for hydroxylation is 1. The Hall–Kier alpha value is -4.70. The van der Waals surface area contributed by atoms with Gasteiger partial charge in [-0.2, -0.15) is 0 Å². The third-order valence-corrected chi connectivity index (χ3v) is 9.14. The number of amides is 2. The summed E-state index contributed by atoms with van der Waals surface area (Å²) in [5, 5.41) is 2.87. The lowest BCUT2D eigenvalue weighted by Crippen LogP contribution is -2.53. The van der Waals surface area contributed by atoms with E-state index >= 15 is 4.39 Å². The Bertz CT molecular complexity index is 1700. The van der Waals surface area contributed by atoms with Crippen molar-refractivity contribution in [3.05, 3.63) is 126 Å². The van der Waals surface area contributed by atoms with Crippen LogP contribution in [0.4, 0.5) is 10.1 Å². The second kappa shape index (κ2) is 15.3. The molecule has 0 bridgehead atoms. The number of nitrogens with zero attached hydrogens (tertiary/aromatic N) is 2. The number of anilines is 1. The van der Waals surface area contributed by atoms with Crippen molar-refractivity contribution in [2.45, 2.75) is 44.2 Å². The van der Waals surface area contributed by atoms with Gasteiger partial charge in [-0.1, -0.05) is 79.2 Å². The van der Waals surface area contributed by atoms with Gasteiger partial charge in [0.25, 0.3) is 10.0 Å². The van der Waals surface area contributed by atoms with Crippen LogP contribution in [0.3, 0.4) is 0 Å². The van der Waals surface area contributed by atoms with E-state index in [-0.39, 0.29) is 29.1 Å². The number of ether oxygens (including phenoxy) is 1. The minimum Gasteiger partial charge on any atom is -0.497 e. The van der Waals surface area contributed by atoms with Gasteiger partial charge in [-0.25, -0.2) is 12.8 Å². The molecule has 0 aliphatic heterocycles. The van der Waals surface area contributed by atoms with E-state index in [4.69, 9.17) is 4.74 Å². The summed E-state index contributed by atoms with van der Waals surface area (Å²) in [6.45, 7) is 3.24. The lowest BCUT2D eigenvalue weighted by Gasteiger charge is -2.34. The molecule has 0 aliphatic rings. The molecular formula is C35H38FN3O5S. The Morgan fingerprint density at radius 1 is 0.911 bits per heavy atom. The van der Waals surface area contributed by atoms with Gasteiger partial charge in [-0.05, 0) is 49.2 Å². The van der Waals surface area contributed by atoms with Crippen LogP contribution in [-0.2, 0) is 32.6 Å². The molecule has 0 heterocycles. The van der Waals surface area contributed by atoms with Crippen LogP contribution in [0.15, 0.2) is 108 Å². The molecule has 0 aliphatic carbocycles. The molecule has 0 radical (unpaired) electrons. The Morgan fingerprint density at radius 2 is 1.60 bits per heavy atom. The SMILES string of the molecule is CCCNC(=O)C(Cc1ccccc1)N(Cc1ccccc1F)C(=O)CN(c1cccc(OC)c1)S(=O)(=O)c1ccc(C)cc1. The maximum Gasteiger partial charge on any atom is 0.264 e. The van der Waals surface area contributed by atoms with Crippen molar-refractivity contribution in [3.63, 3.8) is 0 Å². The molecule has 10 heteroatoms. The number of nitrogens with one attached hydrogen (secondary N) is 1. The maximum absolute atomic E-state index is 15.0. The second-order valence-electron chi connectivity index (χ2n) is 10.6. The van der Waals surface area contributed by atoms with E-state index in [1.165, 1.54) is 36.3 Å². The van der Waals surface area contributed by atoms with Crippen molar-refractivity contribution in [1.82, 2.24) is 10.2 Å². The Morgan fingerprint density at radius 3 is 2.27 bits per heavy atom. The van der Waals surface area contributed by atoms with Crippen molar-refractivity contribution in [2.24, 2.45) is 0 Å². The number of methoxy groups -OCH3 is 1. The van der Waals surface area contributed by atoms with Gasteiger partial charge >= 0.3 is 0 Å². The third kappa shape index (κ3) is 8.48. The van der Waals surface area contributed by atoms with Crippen LogP contribution < -0.4 is 14.4 Å². The van der Waals surface area contributed by atoms with E-state index in [9.17, 15) is 18.0 Å². The molecule has 0 aromatic heterocycles. The highest BCUT2D eigenvalue weighted by Gasteiger charge is 2.35. The van der Waals surface area contributed by atoms with Crippen molar-refractivity contribution < 1.29 is 27.1 Å². The summed E-state index contributed by atoms with van der Waals surface area (Å²) in [6.07, 6.45) is 0.809. The fourth-order valence-electron chi connectivity index (χ4n) is 4.86. The van der Waals surface area contributed by atoms with Crippen molar-refractivity contribution in [3.8, 4) is 5.75 Å². The van der Waals surface area contributed by atoms with E-state index in [0.29, 0.717) is 18.7 Å². The zero-order valence-electron chi connectivity index (χ0n) is 25.6. The molecule has 0 saturated carbocycles. The smallest absolute Gasteiger partial charge is 0.264 e. The zero-order chi connectivity index (χ0) is 32.4. The minimum absolute atomic E-state index is 0.00843. The summed E-state index contributed by atoms with van der Waals surface area (Å²) in [4.78, 5) is 29.4. The molecule has 2 amide bonds. The number of sulfonamides is 1. The lowest BCUT2D eigenvalue weighted by molar-refractivity contribution is -0.140. The second-order valence-corrected chi connectivity index (χ2v) is 12.5. The van der Waals surface area contributed by atoms with Crippen molar-refractivity contribution >= 4 is 27.5 Å². The molecule has 1 atom stereocenters. The van der Waals surface area contributed by atoms with Gasteiger partial charge in [-0.15, -0.1) is 0 Å². The topological polar surface area (TPSA) is 96.0 Å². The molecule has 0 fully saturated rings. The average molecular weight is 632 g/mol. The maximum atomic E-state index is 15.0. The van der Waals surface area contributed by atoms with Gasteiger partial charge in [0.05, 0.1) is 17.7 Å². The minimum atomic E-state index is -4.27. The largest absolute Gasteiger partial charge is 0.497 e. The highest BCUT2D eigenvalue weighted by Crippen LogP contribution is 2.28. The highest BCUT2D eigenvalue weighted by atomic mass is 32.2. The predicted molar refractivity (Wildman–Crippen MR) is 173 cm³/mol. The first kappa shape index (κ1) is 33.2. The van der Waals surface area contributed by atoms with Gasteiger partial charge < -0.3 is 15.0 Å². The first-order chi connectivity index (χ1) is 21.6. The Kier molecular flexibility index (Phi) is 11.3. The first-order valence-electron chi connectivity index (χ1n) is 14.7. The molecule has 1 unspecified atom stereocenters. The highest BCUT2D eigenvalue weighted by molar-refractivity contribution is 7.92. The average Bonchev–Trinajstić information content (AvgIpc) is 3.05. The number of benzene rings is 4. The number of carbonyl (C=O) groups excluding carboxylic acids is 2. The van der Waals surface area contributed by atoms with Gasteiger partial charge in [0, 0.05) is 31.1 Å². The number of hydrogen-bond acceptors (Lipinski definition) is 5. The van der Waals surface area contributed by atoms with Gasteiger partial charge in [0.2, 0.25) is 11.8 Å². The molecule has 4 aromatic carbocycles. The fraction of sp³-hybridized carbons (Fsp3) is 0.257. The van der Waals surface area contributed by atoms with E-state index in [1.54, 1.807) is 48.5 Å². The molecule has 0 spiro atoms. The van der Waals surface area contributed by atoms with E-state index in [0.717, 1.165) is 15.4 Å². The number of rotatable bonds is 14. The standard InChI is InChI=1S/C35H38FN3O5S/c1-4-21-37-35(41)33(22-27-11-6-5-7-12-27)38(24-28-13-8-9-16-32(28)36)34(40)25-39(29-14-10-15-30(23-29)44-3)45(42,43)31-19-17-26(2)18-20-31/h5-20,23,33H,4,21-22,24-25H2,1-3H3,(H,37,41). The van der Waals surface area contributed by atoms with Crippen molar-refractivity contribution in [2.75, 3.05) is 24.5 Å². The van der Waals surface area contributed by atoms with Crippen LogP contribution in [0.1, 0.15) is 30.0 Å². The molecule has 8 nitrogen and oxygen atoms in total. The van der Waals surface area contributed by atoms with Crippen molar-refractivity contribution in [1.29, 1.82) is 0 Å². The molecule has 4 aromatic rings. The Labute approximate surface area is 264 Å². The zero-order valence-corrected chi connectivity index (χ0v) is 26.5. The van der Waals surface area contributed by atoms with Crippen LogP contribution in [0.2, 0.25) is 0 Å². The van der Waals surface area contributed by atoms with Crippen LogP contribution in [0.25, 0.3) is 0 Å². The third-order valence-electron chi connectivity index (χ3n) is 7.35. The normalized spacial score (nSPS) is 11.8. The summed E-state index contributed by atoms with van der Waals surface area (Å²) in [5.41, 5.74) is 2.05. The number of carbonyl (C=O) groups is 2. The first-order valence-corrected chi connectivity index (χ1v) is 16.2. The molecule has 236 valence electrons. The quantitative estimate of drug-likeness (QED) is 0.198.